The summed E-state index contributed by atoms with van der Waals surface area (Å²) in [6.07, 6.45) is 2.44. The van der Waals surface area contributed by atoms with E-state index >= 15 is 0 Å². The standard InChI is InChI=1S/C8H14N2O2/c11-8(12)7-5-10-3-1-2-6(10)4-9-7/h6-7,9H,1-5H2,(H,11,12)/t6-,7?/m1/s1. The Hall–Kier alpha value is -0.610. The van der Waals surface area contributed by atoms with E-state index < -0.39 is 5.97 Å². The zero-order valence-electron chi connectivity index (χ0n) is 6.99. The first kappa shape index (κ1) is 8.01. The lowest BCUT2D eigenvalue weighted by atomic mass is 10.1. The van der Waals surface area contributed by atoms with Gasteiger partial charge < -0.3 is 10.4 Å². The van der Waals surface area contributed by atoms with Crippen LogP contribution in [0.5, 0.6) is 0 Å². The first-order chi connectivity index (χ1) is 5.77. The molecule has 4 nitrogen and oxygen atoms in total. The van der Waals surface area contributed by atoms with Crippen LogP contribution in [0.4, 0.5) is 0 Å². The number of fused-ring (bicyclic) bond motifs is 1. The molecule has 2 fully saturated rings. The van der Waals surface area contributed by atoms with E-state index in [0.717, 1.165) is 13.1 Å². The molecular weight excluding hydrogens is 156 g/mol. The molecule has 2 aliphatic rings. The molecule has 0 bridgehead atoms. The summed E-state index contributed by atoms with van der Waals surface area (Å²) >= 11 is 0. The molecule has 2 atom stereocenters. The molecular formula is C8H14N2O2. The van der Waals surface area contributed by atoms with E-state index in [2.05, 4.69) is 10.2 Å². The van der Waals surface area contributed by atoms with Crippen LogP contribution < -0.4 is 5.32 Å². The van der Waals surface area contributed by atoms with E-state index in [9.17, 15) is 4.79 Å². The van der Waals surface area contributed by atoms with E-state index in [4.69, 9.17) is 5.11 Å². The van der Waals surface area contributed by atoms with Gasteiger partial charge in [-0.05, 0) is 19.4 Å². The maximum Gasteiger partial charge on any atom is 0.322 e. The smallest absolute Gasteiger partial charge is 0.322 e. The van der Waals surface area contributed by atoms with Crippen LogP contribution in [0.15, 0.2) is 0 Å². The lowest BCUT2D eigenvalue weighted by Gasteiger charge is -2.33. The zero-order chi connectivity index (χ0) is 8.55. The van der Waals surface area contributed by atoms with Crippen molar-refractivity contribution < 1.29 is 9.90 Å². The Labute approximate surface area is 71.5 Å². The Balaban J connectivity index is 1.96. The maximum absolute atomic E-state index is 10.7. The van der Waals surface area contributed by atoms with Crippen LogP contribution in [-0.4, -0.2) is 47.7 Å². The van der Waals surface area contributed by atoms with Gasteiger partial charge in [-0.25, -0.2) is 0 Å². The average Bonchev–Trinajstić information content (AvgIpc) is 2.49. The Morgan fingerprint density at radius 1 is 1.58 bits per heavy atom. The number of piperazine rings is 1. The molecule has 12 heavy (non-hydrogen) atoms. The van der Waals surface area contributed by atoms with Gasteiger partial charge in [0.2, 0.25) is 0 Å². The van der Waals surface area contributed by atoms with Crippen molar-refractivity contribution in [2.45, 2.75) is 24.9 Å². The number of nitrogens with one attached hydrogen (secondary N) is 1. The maximum atomic E-state index is 10.7. The minimum Gasteiger partial charge on any atom is -0.480 e. The Morgan fingerprint density at radius 3 is 3.17 bits per heavy atom. The third-order valence-corrected chi connectivity index (χ3v) is 2.81. The highest BCUT2D eigenvalue weighted by molar-refractivity contribution is 5.73. The first-order valence-corrected chi connectivity index (χ1v) is 4.47. The number of carboxylic acid groups (broad SMARTS) is 1. The van der Waals surface area contributed by atoms with Gasteiger partial charge in [0.25, 0.3) is 0 Å². The summed E-state index contributed by atoms with van der Waals surface area (Å²) in [6, 6.07) is 0.250. The molecule has 0 saturated carbocycles. The van der Waals surface area contributed by atoms with Gasteiger partial charge in [0.15, 0.2) is 0 Å². The molecule has 2 rings (SSSR count). The van der Waals surface area contributed by atoms with E-state index in [-0.39, 0.29) is 6.04 Å². The average molecular weight is 170 g/mol. The molecule has 68 valence electrons. The summed E-state index contributed by atoms with van der Waals surface area (Å²) in [5, 5.41) is 11.8. The number of carboxylic acids is 1. The molecule has 0 amide bonds. The summed E-state index contributed by atoms with van der Waals surface area (Å²) < 4.78 is 0. The van der Waals surface area contributed by atoms with Crippen LogP contribution in [0.2, 0.25) is 0 Å². The second-order valence-corrected chi connectivity index (χ2v) is 3.59. The number of nitrogens with zero attached hydrogens (tertiary/aromatic N) is 1. The van der Waals surface area contributed by atoms with Gasteiger partial charge in [0.1, 0.15) is 6.04 Å². The number of carbonyl (C=O) groups is 1. The van der Waals surface area contributed by atoms with Crippen molar-refractivity contribution in [1.82, 2.24) is 10.2 Å². The zero-order valence-corrected chi connectivity index (χ0v) is 6.99. The van der Waals surface area contributed by atoms with Gasteiger partial charge in [-0.2, -0.15) is 0 Å². The van der Waals surface area contributed by atoms with Crippen LogP contribution in [0.25, 0.3) is 0 Å². The normalized spacial score (nSPS) is 36.3. The predicted octanol–water partition coefficient (Wildman–Crippen LogP) is -0.493. The van der Waals surface area contributed by atoms with E-state index in [1.807, 2.05) is 0 Å². The van der Waals surface area contributed by atoms with Gasteiger partial charge in [-0.1, -0.05) is 0 Å². The lowest BCUT2D eigenvalue weighted by Crippen LogP contribution is -2.56. The van der Waals surface area contributed by atoms with Gasteiger partial charge in [0.05, 0.1) is 0 Å². The van der Waals surface area contributed by atoms with Crippen LogP contribution >= 0.6 is 0 Å². The molecule has 2 N–H and O–H groups in total. The van der Waals surface area contributed by atoms with Crippen molar-refractivity contribution >= 4 is 5.97 Å². The second kappa shape index (κ2) is 3.03. The monoisotopic (exact) mass is 170 g/mol. The van der Waals surface area contributed by atoms with E-state index in [1.54, 1.807) is 0 Å². The number of hydrogen-bond acceptors (Lipinski definition) is 3. The quantitative estimate of drug-likeness (QED) is 0.557. The summed E-state index contributed by atoms with van der Waals surface area (Å²) in [7, 11) is 0. The molecule has 0 aromatic carbocycles. The van der Waals surface area contributed by atoms with Crippen LogP contribution in [-0.2, 0) is 4.79 Å². The SMILES string of the molecule is O=C(O)C1CN2CCC[C@@H]2CN1. The highest BCUT2D eigenvalue weighted by atomic mass is 16.4. The van der Waals surface area contributed by atoms with Gasteiger partial charge in [-0.3, -0.25) is 9.69 Å². The fourth-order valence-electron chi connectivity index (χ4n) is 2.11. The van der Waals surface area contributed by atoms with Crippen LogP contribution in [0, 0.1) is 0 Å². The van der Waals surface area contributed by atoms with Crippen molar-refractivity contribution in [1.29, 1.82) is 0 Å². The van der Waals surface area contributed by atoms with E-state index in [0.29, 0.717) is 12.6 Å². The fraction of sp³-hybridized carbons (Fsp3) is 0.875. The molecule has 4 heteroatoms. The molecule has 2 saturated heterocycles. The molecule has 0 aromatic rings. The third-order valence-electron chi connectivity index (χ3n) is 2.81. The summed E-state index contributed by atoms with van der Waals surface area (Å²) in [5.74, 6) is -0.722. The highest BCUT2D eigenvalue weighted by Crippen LogP contribution is 2.19. The van der Waals surface area contributed by atoms with Gasteiger partial charge in [-0.15, -0.1) is 0 Å². The summed E-state index contributed by atoms with van der Waals surface area (Å²) in [5.41, 5.74) is 0. The van der Waals surface area contributed by atoms with Gasteiger partial charge >= 0.3 is 5.97 Å². The Morgan fingerprint density at radius 2 is 2.42 bits per heavy atom. The molecule has 2 aliphatic heterocycles. The topological polar surface area (TPSA) is 52.6 Å². The summed E-state index contributed by atoms with van der Waals surface area (Å²) in [4.78, 5) is 12.9. The Bertz CT molecular complexity index is 195. The summed E-state index contributed by atoms with van der Waals surface area (Å²) in [6.45, 7) is 2.60. The van der Waals surface area contributed by atoms with Crippen LogP contribution in [0.1, 0.15) is 12.8 Å². The van der Waals surface area contributed by atoms with E-state index in [1.165, 1.54) is 12.8 Å². The first-order valence-electron chi connectivity index (χ1n) is 4.47. The molecule has 1 unspecified atom stereocenters. The number of aliphatic carboxylic acids is 1. The molecule has 2 heterocycles. The van der Waals surface area contributed by atoms with Crippen molar-refractivity contribution in [2.75, 3.05) is 19.6 Å². The number of hydrogen-bond donors (Lipinski definition) is 2. The van der Waals surface area contributed by atoms with Crippen LogP contribution in [0.3, 0.4) is 0 Å². The van der Waals surface area contributed by atoms with Crippen molar-refractivity contribution in [3.63, 3.8) is 0 Å². The third kappa shape index (κ3) is 1.32. The van der Waals surface area contributed by atoms with Crippen molar-refractivity contribution in [3.05, 3.63) is 0 Å². The van der Waals surface area contributed by atoms with Crippen molar-refractivity contribution in [2.24, 2.45) is 0 Å². The van der Waals surface area contributed by atoms with Gasteiger partial charge in [0, 0.05) is 19.1 Å². The molecule has 0 radical (unpaired) electrons. The Kier molecular flexibility index (Phi) is 2.02. The molecule has 0 aromatic heterocycles. The van der Waals surface area contributed by atoms with Crippen molar-refractivity contribution in [3.8, 4) is 0 Å². The molecule has 0 aliphatic carbocycles. The lowest BCUT2D eigenvalue weighted by molar-refractivity contribution is -0.140. The minimum atomic E-state index is -0.722. The highest BCUT2D eigenvalue weighted by Gasteiger charge is 2.33. The molecule has 0 spiro atoms. The minimum absolute atomic E-state index is 0.348. The fourth-order valence-corrected chi connectivity index (χ4v) is 2.11. The largest absolute Gasteiger partial charge is 0.480 e. The number of rotatable bonds is 1. The second-order valence-electron chi connectivity index (χ2n) is 3.59. The predicted molar refractivity (Wildman–Crippen MR) is 44.0 cm³/mol.